The van der Waals surface area contributed by atoms with Crippen LogP contribution in [0.25, 0.3) is 0 Å². The van der Waals surface area contributed by atoms with Crippen molar-refractivity contribution in [3.8, 4) is 5.75 Å². The zero-order chi connectivity index (χ0) is 12.1. The summed E-state index contributed by atoms with van der Waals surface area (Å²) in [5.41, 5.74) is 0. The molecule has 2 rings (SSSR count). The Morgan fingerprint density at radius 3 is 2.53 bits per heavy atom. The number of aliphatic hydroxyl groups excluding tert-OH is 1. The molecule has 0 radical (unpaired) electrons. The highest BCUT2D eigenvalue weighted by Crippen LogP contribution is 2.12. The van der Waals surface area contributed by atoms with Gasteiger partial charge < -0.3 is 9.84 Å². The minimum absolute atomic E-state index is 0.135. The normalized spacial score (nSPS) is 18.2. The van der Waals surface area contributed by atoms with Crippen LogP contribution in [0.3, 0.4) is 0 Å². The first kappa shape index (κ1) is 12.3. The fraction of sp³-hybridized carbons (Fsp3) is 0.538. The molecule has 0 saturated carbocycles. The Hall–Kier alpha value is -1.13. The van der Waals surface area contributed by atoms with Crippen molar-refractivity contribution in [3.63, 3.8) is 0 Å². The van der Waals surface area contributed by atoms with E-state index in [4.69, 9.17) is 4.74 Å². The molecule has 3 nitrogen and oxygen atoms in total. The van der Waals surface area contributed by atoms with Crippen molar-refractivity contribution in [3.05, 3.63) is 30.1 Å². The molecule has 1 aromatic rings. The van der Waals surface area contributed by atoms with Gasteiger partial charge in [0.05, 0.1) is 6.10 Å². The van der Waals surface area contributed by atoms with Crippen molar-refractivity contribution in [1.82, 2.24) is 4.90 Å². The van der Waals surface area contributed by atoms with Crippen molar-refractivity contribution in [1.29, 1.82) is 0 Å². The molecule has 1 fully saturated rings. The Balaban J connectivity index is 1.67. The summed E-state index contributed by atoms with van der Waals surface area (Å²) < 4.78 is 18.2. The van der Waals surface area contributed by atoms with Crippen LogP contribution in [-0.4, -0.2) is 42.4 Å². The average molecular weight is 239 g/mol. The first-order valence-electron chi connectivity index (χ1n) is 6.03. The number of ether oxygens (including phenoxy) is 1. The Bertz CT molecular complexity index is 334. The maximum Gasteiger partial charge on any atom is 0.123 e. The van der Waals surface area contributed by atoms with Gasteiger partial charge in [-0.1, -0.05) is 0 Å². The molecular formula is C13H18FNO2. The van der Waals surface area contributed by atoms with Crippen LogP contribution < -0.4 is 4.74 Å². The van der Waals surface area contributed by atoms with Gasteiger partial charge in [0.15, 0.2) is 0 Å². The number of likely N-dealkylation sites (tertiary alicyclic amines) is 1. The van der Waals surface area contributed by atoms with Crippen LogP contribution in [0, 0.1) is 5.82 Å². The predicted molar refractivity (Wildman–Crippen MR) is 63.6 cm³/mol. The van der Waals surface area contributed by atoms with Crippen LogP contribution in [0.5, 0.6) is 5.75 Å². The van der Waals surface area contributed by atoms with E-state index < -0.39 is 0 Å². The van der Waals surface area contributed by atoms with Gasteiger partial charge in [-0.15, -0.1) is 0 Å². The molecule has 0 aromatic heterocycles. The van der Waals surface area contributed by atoms with Gasteiger partial charge in [-0.05, 0) is 37.1 Å². The van der Waals surface area contributed by atoms with Gasteiger partial charge in [-0.3, -0.25) is 4.90 Å². The summed E-state index contributed by atoms with van der Waals surface area (Å²) in [6, 6.07) is 6.06. The lowest BCUT2D eigenvalue weighted by Crippen LogP contribution is -2.38. The third-order valence-corrected chi connectivity index (χ3v) is 3.05. The topological polar surface area (TPSA) is 32.7 Å². The molecule has 4 heteroatoms. The summed E-state index contributed by atoms with van der Waals surface area (Å²) >= 11 is 0. The number of hydrogen-bond donors (Lipinski definition) is 1. The maximum absolute atomic E-state index is 12.6. The summed E-state index contributed by atoms with van der Waals surface area (Å²) in [6.45, 7) is 3.30. The van der Waals surface area contributed by atoms with Gasteiger partial charge in [0.2, 0.25) is 0 Å². The highest BCUT2D eigenvalue weighted by atomic mass is 19.1. The van der Waals surface area contributed by atoms with Crippen LogP contribution in [0.4, 0.5) is 4.39 Å². The third-order valence-electron chi connectivity index (χ3n) is 3.05. The van der Waals surface area contributed by atoms with E-state index in [1.54, 1.807) is 12.1 Å². The molecule has 0 spiro atoms. The van der Waals surface area contributed by atoms with E-state index in [0.717, 1.165) is 32.5 Å². The zero-order valence-corrected chi connectivity index (χ0v) is 9.81. The molecule has 1 saturated heterocycles. The van der Waals surface area contributed by atoms with Gasteiger partial charge >= 0.3 is 0 Å². The van der Waals surface area contributed by atoms with Gasteiger partial charge in [0, 0.05) is 19.6 Å². The summed E-state index contributed by atoms with van der Waals surface area (Å²) in [5, 5.41) is 9.36. The summed E-state index contributed by atoms with van der Waals surface area (Å²) in [7, 11) is 0. The van der Waals surface area contributed by atoms with Crippen molar-refractivity contribution in [2.75, 3.05) is 26.2 Å². The lowest BCUT2D eigenvalue weighted by molar-refractivity contribution is 0.0755. The Kier molecular flexibility index (Phi) is 4.34. The highest BCUT2D eigenvalue weighted by molar-refractivity contribution is 5.21. The van der Waals surface area contributed by atoms with Crippen LogP contribution in [0.15, 0.2) is 24.3 Å². The molecule has 17 heavy (non-hydrogen) atoms. The second-order valence-corrected chi connectivity index (χ2v) is 4.38. The first-order chi connectivity index (χ1) is 8.24. The monoisotopic (exact) mass is 239 g/mol. The first-order valence-corrected chi connectivity index (χ1v) is 6.03. The predicted octanol–water partition coefficient (Wildman–Crippen LogP) is 1.66. The Labute approximate surface area is 101 Å². The second-order valence-electron chi connectivity index (χ2n) is 4.38. The smallest absolute Gasteiger partial charge is 0.123 e. The van der Waals surface area contributed by atoms with Crippen molar-refractivity contribution in [2.24, 2.45) is 0 Å². The van der Waals surface area contributed by atoms with E-state index in [9.17, 15) is 9.50 Å². The zero-order valence-electron chi connectivity index (χ0n) is 9.81. The molecule has 1 N–H and O–H groups in total. The number of hydrogen-bond acceptors (Lipinski definition) is 3. The van der Waals surface area contributed by atoms with Crippen LogP contribution in [0.1, 0.15) is 12.8 Å². The number of halogens is 1. The van der Waals surface area contributed by atoms with E-state index >= 15 is 0 Å². The van der Waals surface area contributed by atoms with E-state index in [1.165, 1.54) is 12.1 Å². The fourth-order valence-corrected chi connectivity index (χ4v) is 1.97. The van der Waals surface area contributed by atoms with E-state index in [-0.39, 0.29) is 11.9 Å². The molecule has 0 unspecified atom stereocenters. The molecule has 0 aliphatic carbocycles. The quantitative estimate of drug-likeness (QED) is 0.867. The SMILES string of the molecule is OC1CCN(CCOc2ccc(F)cc2)CC1. The molecular weight excluding hydrogens is 221 g/mol. The van der Waals surface area contributed by atoms with Gasteiger partial charge in [0.1, 0.15) is 18.2 Å². The fourth-order valence-electron chi connectivity index (χ4n) is 1.97. The molecule has 0 amide bonds. The van der Waals surface area contributed by atoms with Gasteiger partial charge in [0.25, 0.3) is 0 Å². The number of benzene rings is 1. The molecule has 1 aliphatic rings. The molecule has 0 atom stereocenters. The van der Waals surface area contributed by atoms with Gasteiger partial charge in [-0.2, -0.15) is 0 Å². The molecule has 1 aromatic carbocycles. The third kappa shape index (κ3) is 3.98. The van der Waals surface area contributed by atoms with Crippen LogP contribution in [-0.2, 0) is 0 Å². The van der Waals surface area contributed by atoms with E-state index in [1.807, 2.05) is 0 Å². The lowest BCUT2D eigenvalue weighted by atomic mass is 10.1. The van der Waals surface area contributed by atoms with Crippen molar-refractivity contribution in [2.45, 2.75) is 18.9 Å². The summed E-state index contributed by atoms with van der Waals surface area (Å²) in [6.07, 6.45) is 1.55. The maximum atomic E-state index is 12.6. The standard InChI is InChI=1S/C13H18FNO2/c14-11-1-3-13(4-2-11)17-10-9-15-7-5-12(16)6-8-15/h1-4,12,16H,5-10H2. The minimum atomic E-state index is -0.248. The molecule has 1 aliphatic heterocycles. The number of nitrogens with zero attached hydrogens (tertiary/aromatic N) is 1. The second kappa shape index (κ2) is 5.98. The Morgan fingerprint density at radius 2 is 1.88 bits per heavy atom. The van der Waals surface area contributed by atoms with Crippen molar-refractivity contribution >= 4 is 0 Å². The summed E-state index contributed by atoms with van der Waals surface area (Å²) in [5.74, 6) is 0.450. The molecule has 0 bridgehead atoms. The van der Waals surface area contributed by atoms with Crippen molar-refractivity contribution < 1.29 is 14.2 Å². The molecule has 94 valence electrons. The van der Waals surface area contributed by atoms with Crippen LogP contribution >= 0.6 is 0 Å². The minimum Gasteiger partial charge on any atom is -0.492 e. The highest BCUT2D eigenvalue weighted by Gasteiger charge is 2.16. The van der Waals surface area contributed by atoms with Crippen LogP contribution in [0.2, 0.25) is 0 Å². The lowest BCUT2D eigenvalue weighted by Gasteiger charge is -2.29. The number of piperidine rings is 1. The molecule has 1 heterocycles. The van der Waals surface area contributed by atoms with Gasteiger partial charge in [-0.25, -0.2) is 4.39 Å². The average Bonchev–Trinajstić information content (AvgIpc) is 2.34. The number of aliphatic hydroxyl groups is 1. The number of rotatable bonds is 4. The van der Waals surface area contributed by atoms with E-state index in [0.29, 0.717) is 12.4 Å². The van der Waals surface area contributed by atoms with E-state index in [2.05, 4.69) is 4.90 Å². The largest absolute Gasteiger partial charge is 0.492 e. The Morgan fingerprint density at radius 1 is 1.24 bits per heavy atom. The summed E-state index contributed by atoms with van der Waals surface area (Å²) in [4.78, 5) is 2.27.